The van der Waals surface area contributed by atoms with Crippen molar-refractivity contribution in [3.8, 4) is 11.4 Å². The number of ether oxygens (including phenoxy) is 1. The molecule has 0 aliphatic rings. The Kier molecular flexibility index (Phi) is 6.20. The molecule has 0 atom stereocenters. The second-order valence-electron chi connectivity index (χ2n) is 4.54. The first-order valence-corrected chi connectivity index (χ1v) is 8.06. The highest BCUT2D eigenvalue weighted by molar-refractivity contribution is 7.99. The number of carbonyl (C=O) groups is 1. The number of para-hydroxylation sites is 2. The van der Waals surface area contributed by atoms with Gasteiger partial charge in [0.25, 0.3) is 0 Å². The van der Waals surface area contributed by atoms with Crippen LogP contribution in [0.5, 0.6) is 5.75 Å². The summed E-state index contributed by atoms with van der Waals surface area (Å²) in [5, 5.41) is 15.0. The molecule has 1 aromatic heterocycles. The quantitative estimate of drug-likeness (QED) is 0.588. The maximum absolute atomic E-state index is 11.7. The number of carbonyl (C=O) groups excluding carboxylic acids is 1. The number of rotatable bonds is 8. The molecule has 22 heavy (non-hydrogen) atoms. The van der Waals surface area contributed by atoms with Crippen molar-refractivity contribution in [2.75, 3.05) is 19.4 Å². The fourth-order valence-electron chi connectivity index (χ4n) is 1.81. The molecule has 1 amide bonds. The minimum absolute atomic E-state index is 0.0203. The first kappa shape index (κ1) is 16.3. The average Bonchev–Trinajstić information content (AvgIpc) is 3.01. The normalized spacial score (nSPS) is 10.5. The molecule has 0 radical (unpaired) electrons. The molecule has 0 spiro atoms. The molecule has 0 saturated heterocycles. The smallest absolute Gasteiger partial charge is 0.230 e. The van der Waals surface area contributed by atoms with E-state index in [1.165, 1.54) is 11.8 Å². The minimum Gasteiger partial charge on any atom is -0.494 e. The van der Waals surface area contributed by atoms with Crippen LogP contribution in [0.4, 0.5) is 0 Å². The van der Waals surface area contributed by atoms with Crippen LogP contribution >= 0.6 is 11.8 Å². The summed E-state index contributed by atoms with van der Waals surface area (Å²) in [6.45, 7) is 2.79. The van der Waals surface area contributed by atoms with Gasteiger partial charge in [0.2, 0.25) is 11.1 Å². The molecule has 0 unspecified atom stereocenters. The predicted octanol–water partition coefficient (Wildman–Crippen LogP) is 1.68. The zero-order valence-electron chi connectivity index (χ0n) is 12.7. The van der Waals surface area contributed by atoms with Crippen molar-refractivity contribution < 1.29 is 9.53 Å². The van der Waals surface area contributed by atoms with Crippen LogP contribution < -0.4 is 10.1 Å². The Morgan fingerprint density at radius 2 is 2.23 bits per heavy atom. The van der Waals surface area contributed by atoms with Crippen LogP contribution in [0, 0.1) is 0 Å². The first-order chi connectivity index (χ1) is 10.8. The summed E-state index contributed by atoms with van der Waals surface area (Å²) in [6, 6.07) is 7.45. The third-order valence-electron chi connectivity index (χ3n) is 2.94. The number of amides is 1. The number of methoxy groups -OCH3 is 1. The maximum Gasteiger partial charge on any atom is 0.230 e. The zero-order valence-corrected chi connectivity index (χ0v) is 13.5. The molecule has 0 saturated carbocycles. The van der Waals surface area contributed by atoms with Crippen molar-refractivity contribution >= 4 is 17.7 Å². The lowest BCUT2D eigenvalue weighted by atomic mass is 10.3. The van der Waals surface area contributed by atoms with Crippen molar-refractivity contribution in [2.45, 2.75) is 24.9 Å². The molecule has 1 N–H and O–H groups in total. The van der Waals surface area contributed by atoms with E-state index in [9.17, 15) is 4.79 Å². The summed E-state index contributed by atoms with van der Waals surface area (Å²) >= 11 is 1.29. The molecule has 0 bridgehead atoms. The third-order valence-corrected chi connectivity index (χ3v) is 3.86. The first-order valence-electron chi connectivity index (χ1n) is 7.07. The highest BCUT2D eigenvalue weighted by Crippen LogP contribution is 2.25. The lowest BCUT2D eigenvalue weighted by Gasteiger charge is -2.09. The summed E-state index contributed by atoms with van der Waals surface area (Å²) in [5.41, 5.74) is 0.740. The Bertz CT molecular complexity index is 617. The van der Waals surface area contributed by atoms with Gasteiger partial charge in [0.05, 0.1) is 12.9 Å². The molecular formula is C14H19N5O2S. The van der Waals surface area contributed by atoms with Gasteiger partial charge in [-0.25, -0.2) is 0 Å². The Morgan fingerprint density at radius 3 is 3.00 bits per heavy atom. The number of nitrogens with zero attached hydrogens (tertiary/aromatic N) is 4. The van der Waals surface area contributed by atoms with Crippen LogP contribution in [-0.2, 0) is 4.79 Å². The van der Waals surface area contributed by atoms with Gasteiger partial charge in [-0.3, -0.25) is 4.79 Å². The molecule has 0 fully saturated rings. The molecule has 0 aliphatic heterocycles. The van der Waals surface area contributed by atoms with Crippen molar-refractivity contribution in [1.82, 2.24) is 25.5 Å². The van der Waals surface area contributed by atoms with E-state index in [-0.39, 0.29) is 11.7 Å². The van der Waals surface area contributed by atoms with Crippen molar-refractivity contribution in [1.29, 1.82) is 0 Å². The number of unbranched alkanes of at least 4 members (excludes halogenated alkanes) is 1. The Morgan fingerprint density at radius 1 is 1.41 bits per heavy atom. The monoisotopic (exact) mass is 321 g/mol. The highest BCUT2D eigenvalue weighted by Gasteiger charge is 2.14. The van der Waals surface area contributed by atoms with Crippen molar-refractivity contribution in [3.63, 3.8) is 0 Å². The summed E-state index contributed by atoms with van der Waals surface area (Å²) in [6.07, 6.45) is 2.04. The molecule has 0 aliphatic carbocycles. The van der Waals surface area contributed by atoms with Gasteiger partial charge in [-0.2, -0.15) is 4.68 Å². The van der Waals surface area contributed by atoms with Gasteiger partial charge in [-0.05, 0) is 29.0 Å². The van der Waals surface area contributed by atoms with Crippen LogP contribution in [0.2, 0.25) is 0 Å². The number of nitrogens with one attached hydrogen (secondary N) is 1. The van der Waals surface area contributed by atoms with E-state index in [1.807, 2.05) is 24.3 Å². The number of benzene rings is 1. The van der Waals surface area contributed by atoms with E-state index >= 15 is 0 Å². The summed E-state index contributed by atoms with van der Waals surface area (Å²) in [5.74, 6) is 0.927. The highest BCUT2D eigenvalue weighted by atomic mass is 32.2. The molecule has 7 nitrogen and oxygen atoms in total. The molecule has 2 aromatic rings. The van der Waals surface area contributed by atoms with E-state index in [0.29, 0.717) is 17.5 Å². The topological polar surface area (TPSA) is 81.9 Å². The second kappa shape index (κ2) is 8.38. The van der Waals surface area contributed by atoms with E-state index in [2.05, 4.69) is 27.8 Å². The van der Waals surface area contributed by atoms with Crippen molar-refractivity contribution in [3.05, 3.63) is 24.3 Å². The maximum atomic E-state index is 11.7. The third kappa shape index (κ3) is 4.20. The molecule has 2 rings (SSSR count). The fourth-order valence-corrected chi connectivity index (χ4v) is 2.52. The van der Waals surface area contributed by atoms with Gasteiger partial charge < -0.3 is 10.1 Å². The standard InChI is InChI=1S/C14H19N5O2S/c1-3-4-9-15-13(20)10-22-14-16-17-18-19(14)11-7-5-6-8-12(11)21-2/h5-8H,3-4,9-10H2,1-2H3,(H,15,20). The van der Waals surface area contributed by atoms with E-state index in [4.69, 9.17) is 4.74 Å². The molecule has 1 heterocycles. The molecule has 118 valence electrons. The minimum atomic E-state index is -0.0203. The van der Waals surface area contributed by atoms with Crippen LogP contribution in [-0.4, -0.2) is 45.5 Å². The number of hydrogen-bond acceptors (Lipinski definition) is 6. The number of thioether (sulfide) groups is 1. The zero-order chi connectivity index (χ0) is 15.8. The number of tetrazole rings is 1. The van der Waals surface area contributed by atoms with Crippen LogP contribution in [0.1, 0.15) is 19.8 Å². The fraction of sp³-hybridized carbons (Fsp3) is 0.429. The molecule has 1 aromatic carbocycles. The van der Waals surface area contributed by atoms with Crippen LogP contribution in [0.25, 0.3) is 5.69 Å². The van der Waals surface area contributed by atoms with Crippen LogP contribution in [0.15, 0.2) is 29.4 Å². The largest absolute Gasteiger partial charge is 0.494 e. The van der Waals surface area contributed by atoms with Gasteiger partial charge in [-0.15, -0.1) is 5.10 Å². The SMILES string of the molecule is CCCCNC(=O)CSc1nnnn1-c1ccccc1OC. The van der Waals surface area contributed by atoms with Gasteiger partial charge in [0, 0.05) is 6.54 Å². The lowest BCUT2D eigenvalue weighted by Crippen LogP contribution is -2.26. The van der Waals surface area contributed by atoms with Gasteiger partial charge in [-0.1, -0.05) is 37.2 Å². The van der Waals surface area contributed by atoms with Gasteiger partial charge >= 0.3 is 0 Å². The predicted molar refractivity (Wildman–Crippen MR) is 84.3 cm³/mol. The lowest BCUT2D eigenvalue weighted by molar-refractivity contribution is -0.118. The second-order valence-corrected chi connectivity index (χ2v) is 5.48. The van der Waals surface area contributed by atoms with Gasteiger partial charge in [0.1, 0.15) is 11.4 Å². The number of aromatic nitrogens is 4. The van der Waals surface area contributed by atoms with E-state index < -0.39 is 0 Å². The van der Waals surface area contributed by atoms with E-state index in [1.54, 1.807) is 11.8 Å². The molecular weight excluding hydrogens is 302 g/mol. The number of hydrogen-bond donors (Lipinski definition) is 1. The summed E-state index contributed by atoms with van der Waals surface area (Å²) in [4.78, 5) is 11.7. The van der Waals surface area contributed by atoms with Crippen LogP contribution in [0.3, 0.4) is 0 Å². The Labute approximate surface area is 133 Å². The van der Waals surface area contributed by atoms with E-state index in [0.717, 1.165) is 18.5 Å². The average molecular weight is 321 g/mol. The summed E-state index contributed by atoms with van der Waals surface area (Å²) < 4.78 is 6.88. The molecule has 8 heteroatoms. The summed E-state index contributed by atoms with van der Waals surface area (Å²) in [7, 11) is 1.59. The van der Waals surface area contributed by atoms with Crippen molar-refractivity contribution in [2.24, 2.45) is 0 Å². The Hall–Kier alpha value is -2.09. The van der Waals surface area contributed by atoms with Gasteiger partial charge in [0.15, 0.2) is 0 Å². The Balaban J connectivity index is 2.02.